The smallest absolute Gasteiger partial charge is 0.230 e. The van der Waals surface area contributed by atoms with Crippen molar-refractivity contribution < 1.29 is 4.79 Å². The Morgan fingerprint density at radius 1 is 1.23 bits per heavy atom. The zero-order chi connectivity index (χ0) is 15.9. The summed E-state index contributed by atoms with van der Waals surface area (Å²) in [5.74, 6) is 1.32. The predicted molar refractivity (Wildman–Crippen MR) is 95.4 cm³/mol. The number of halogens is 1. The van der Waals surface area contributed by atoms with Crippen molar-refractivity contribution in [1.82, 2.24) is 5.32 Å². The standard InChI is InChI=1S/C18H20ClNOS/c1-13-6-5-7-15(10-13)11-22-12-18(21)20-14(2)16-8-3-4-9-17(16)19/h3-10,14H,11-12H2,1-2H3,(H,20,21)/t14-/m1/s1. The van der Waals surface area contributed by atoms with E-state index in [4.69, 9.17) is 11.6 Å². The van der Waals surface area contributed by atoms with Gasteiger partial charge in [-0.15, -0.1) is 11.8 Å². The highest BCUT2D eigenvalue weighted by atomic mass is 35.5. The third-order valence-corrected chi connectivity index (χ3v) is 4.68. The van der Waals surface area contributed by atoms with E-state index in [1.807, 2.05) is 37.3 Å². The Labute approximate surface area is 141 Å². The van der Waals surface area contributed by atoms with Gasteiger partial charge >= 0.3 is 0 Å². The maximum atomic E-state index is 12.0. The van der Waals surface area contributed by atoms with E-state index in [9.17, 15) is 4.79 Å². The SMILES string of the molecule is Cc1cccc(CSCC(=O)N[C@H](C)c2ccccc2Cl)c1. The molecule has 2 aromatic carbocycles. The van der Waals surface area contributed by atoms with Crippen molar-refractivity contribution in [2.75, 3.05) is 5.75 Å². The molecule has 0 aliphatic rings. The molecule has 1 N–H and O–H groups in total. The van der Waals surface area contributed by atoms with Crippen LogP contribution < -0.4 is 5.32 Å². The lowest BCUT2D eigenvalue weighted by molar-refractivity contribution is -0.119. The maximum Gasteiger partial charge on any atom is 0.230 e. The zero-order valence-corrected chi connectivity index (χ0v) is 14.4. The van der Waals surface area contributed by atoms with Gasteiger partial charge in [0.05, 0.1) is 11.8 Å². The lowest BCUT2D eigenvalue weighted by atomic mass is 10.1. The van der Waals surface area contributed by atoms with Crippen LogP contribution >= 0.6 is 23.4 Å². The summed E-state index contributed by atoms with van der Waals surface area (Å²) in [7, 11) is 0. The Hall–Kier alpha value is -1.45. The van der Waals surface area contributed by atoms with Crippen LogP contribution in [-0.4, -0.2) is 11.7 Å². The Bertz CT molecular complexity index is 644. The summed E-state index contributed by atoms with van der Waals surface area (Å²) in [6.07, 6.45) is 0. The predicted octanol–water partition coefficient (Wildman–Crippen LogP) is 4.76. The van der Waals surface area contributed by atoms with Gasteiger partial charge in [0.2, 0.25) is 5.91 Å². The first kappa shape index (κ1) is 16.9. The summed E-state index contributed by atoms with van der Waals surface area (Å²) in [6.45, 7) is 4.02. The van der Waals surface area contributed by atoms with Gasteiger partial charge in [-0.1, -0.05) is 59.6 Å². The summed E-state index contributed by atoms with van der Waals surface area (Å²) in [5, 5.41) is 3.67. The van der Waals surface area contributed by atoms with Gasteiger partial charge in [0, 0.05) is 10.8 Å². The molecule has 0 fully saturated rings. The van der Waals surface area contributed by atoms with Crippen LogP contribution in [0.5, 0.6) is 0 Å². The van der Waals surface area contributed by atoms with Crippen molar-refractivity contribution in [2.45, 2.75) is 25.6 Å². The first-order valence-electron chi connectivity index (χ1n) is 7.23. The van der Waals surface area contributed by atoms with Crippen LogP contribution in [0, 0.1) is 6.92 Å². The van der Waals surface area contributed by atoms with Gasteiger partial charge in [0.1, 0.15) is 0 Å². The number of hydrogen-bond donors (Lipinski definition) is 1. The molecular formula is C18H20ClNOS. The number of benzene rings is 2. The second-order valence-electron chi connectivity index (χ2n) is 5.29. The van der Waals surface area contributed by atoms with Gasteiger partial charge in [-0.3, -0.25) is 4.79 Å². The number of rotatable bonds is 6. The van der Waals surface area contributed by atoms with E-state index in [1.54, 1.807) is 11.8 Å². The molecule has 0 aromatic heterocycles. The molecule has 116 valence electrons. The summed E-state index contributed by atoms with van der Waals surface area (Å²) < 4.78 is 0. The molecular weight excluding hydrogens is 314 g/mol. The number of carbonyl (C=O) groups excluding carboxylic acids is 1. The summed E-state index contributed by atoms with van der Waals surface area (Å²) in [4.78, 5) is 12.0. The minimum Gasteiger partial charge on any atom is -0.349 e. The molecule has 0 spiro atoms. The largest absolute Gasteiger partial charge is 0.349 e. The third-order valence-electron chi connectivity index (χ3n) is 3.33. The minimum atomic E-state index is -0.0826. The molecule has 0 bridgehead atoms. The molecule has 0 saturated heterocycles. The van der Waals surface area contributed by atoms with Gasteiger partial charge in [0.25, 0.3) is 0 Å². The number of carbonyl (C=O) groups is 1. The number of thioether (sulfide) groups is 1. The Morgan fingerprint density at radius 3 is 2.73 bits per heavy atom. The molecule has 2 nitrogen and oxygen atoms in total. The molecule has 1 atom stereocenters. The van der Waals surface area contributed by atoms with Crippen molar-refractivity contribution >= 4 is 29.3 Å². The molecule has 0 saturated carbocycles. The number of amides is 1. The van der Waals surface area contributed by atoms with Crippen LogP contribution in [0.25, 0.3) is 0 Å². The summed E-state index contributed by atoms with van der Waals surface area (Å²) in [6, 6.07) is 15.9. The van der Waals surface area contributed by atoms with Crippen LogP contribution in [-0.2, 0) is 10.5 Å². The van der Waals surface area contributed by atoms with E-state index in [2.05, 4.69) is 30.4 Å². The minimum absolute atomic E-state index is 0.0325. The van der Waals surface area contributed by atoms with Crippen molar-refractivity contribution in [3.05, 3.63) is 70.2 Å². The highest BCUT2D eigenvalue weighted by Crippen LogP contribution is 2.22. The average molecular weight is 334 g/mol. The zero-order valence-electron chi connectivity index (χ0n) is 12.8. The molecule has 2 rings (SSSR count). The van der Waals surface area contributed by atoms with Crippen molar-refractivity contribution in [3.63, 3.8) is 0 Å². The molecule has 0 aliphatic carbocycles. The first-order chi connectivity index (χ1) is 10.6. The fourth-order valence-corrected chi connectivity index (χ4v) is 3.34. The first-order valence-corrected chi connectivity index (χ1v) is 8.76. The summed E-state index contributed by atoms with van der Waals surface area (Å²) >= 11 is 7.76. The Balaban J connectivity index is 1.79. The van der Waals surface area contributed by atoms with Crippen molar-refractivity contribution in [2.24, 2.45) is 0 Å². The quantitative estimate of drug-likeness (QED) is 0.825. The van der Waals surface area contributed by atoms with Gasteiger partial charge in [-0.05, 0) is 31.0 Å². The molecule has 1 amide bonds. The van der Waals surface area contributed by atoms with E-state index < -0.39 is 0 Å². The van der Waals surface area contributed by atoms with E-state index in [0.29, 0.717) is 10.8 Å². The molecule has 0 heterocycles. The van der Waals surface area contributed by atoms with E-state index in [1.165, 1.54) is 11.1 Å². The topological polar surface area (TPSA) is 29.1 Å². The highest BCUT2D eigenvalue weighted by molar-refractivity contribution is 7.99. The van der Waals surface area contributed by atoms with Crippen LogP contribution in [0.15, 0.2) is 48.5 Å². The lowest BCUT2D eigenvalue weighted by Crippen LogP contribution is -2.28. The lowest BCUT2D eigenvalue weighted by Gasteiger charge is -2.15. The van der Waals surface area contributed by atoms with Crippen LogP contribution in [0.1, 0.15) is 29.7 Å². The van der Waals surface area contributed by atoms with Gasteiger partial charge in [0.15, 0.2) is 0 Å². The fourth-order valence-electron chi connectivity index (χ4n) is 2.25. The molecule has 4 heteroatoms. The molecule has 0 aliphatic heterocycles. The monoisotopic (exact) mass is 333 g/mol. The second kappa shape index (κ2) is 8.25. The fraction of sp³-hybridized carbons (Fsp3) is 0.278. The number of hydrogen-bond acceptors (Lipinski definition) is 2. The van der Waals surface area contributed by atoms with Gasteiger partial charge in [-0.25, -0.2) is 0 Å². The van der Waals surface area contributed by atoms with E-state index >= 15 is 0 Å². The number of nitrogens with one attached hydrogen (secondary N) is 1. The third kappa shape index (κ3) is 5.08. The molecule has 2 aromatic rings. The summed E-state index contributed by atoms with van der Waals surface area (Å²) in [5.41, 5.74) is 3.44. The normalized spacial score (nSPS) is 12.0. The second-order valence-corrected chi connectivity index (χ2v) is 6.69. The highest BCUT2D eigenvalue weighted by Gasteiger charge is 2.12. The molecule has 0 radical (unpaired) electrons. The van der Waals surface area contributed by atoms with Gasteiger partial charge in [-0.2, -0.15) is 0 Å². The van der Waals surface area contributed by atoms with Crippen LogP contribution in [0.2, 0.25) is 5.02 Å². The average Bonchev–Trinajstić information content (AvgIpc) is 2.47. The van der Waals surface area contributed by atoms with Gasteiger partial charge < -0.3 is 5.32 Å². The van der Waals surface area contributed by atoms with Crippen molar-refractivity contribution in [1.29, 1.82) is 0 Å². The Kier molecular flexibility index (Phi) is 6.34. The molecule has 22 heavy (non-hydrogen) atoms. The van der Waals surface area contributed by atoms with Crippen LogP contribution in [0.4, 0.5) is 0 Å². The van der Waals surface area contributed by atoms with Crippen molar-refractivity contribution in [3.8, 4) is 0 Å². The number of aryl methyl sites for hydroxylation is 1. The Morgan fingerprint density at radius 2 is 2.00 bits per heavy atom. The maximum absolute atomic E-state index is 12.0. The van der Waals surface area contributed by atoms with Crippen LogP contribution in [0.3, 0.4) is 0 Å². The van der Waals surface area contributed by atoms with E-state index in [-0.39, 0.29) is 11.9 Å². The molecule has 0 unspecified atom stereocenters. The van der Waals surface area contributed by atoms with E-state index in [0.717, 1.165) is 11.3 Å².